The molecule has 0 aliphatic carbocycles. The first-order valence-electron chi connectivity index (χ1n) is 15.7. The van der Waals surface area contributed by atoms with Gasteiger partial charge in [-0.25, -0.2) is 29.9 Å². The lowest BCUT2D eigenvalue weighted by Crippen LogP contribution is -2.05. The number of hydrogen-bond donors (Lipinski definition) is 0. The normalized spacial score (nSPS) is 10.9. The van der Waals surface area contributed by atoms with Gasteiger partial charge in [-0.2, -0.15) is 0 Å². The van der Waals surface area contributed by atoms with Crippen molar-refractivity contribution in [2.24, 2.45) is 0 Å². The first-order chi connectivity index (χ1) is 23.8. The molecule has 2 heterocycles. The van der Waals surface area contributed by atoms with Gasteiger partial charge in [0, 0.05) is 22.3 Å². The molecule has 6 aromatic carbocycles. The van der Waals surface area contributed by atoms with Crippen molar-refractivity contribution in [2.45, 2.75) is 0 Å². The van der Waals surface area contributed by atoms with Crippen LogP contribution in [-0.4, -0.2) is 29.9 Å². The third-order valence-corrected chi connectivity index (χ3v) is 8.04. The van der Waals surface area contributed by atoms with Crippen molar-refractivity contribution in [3.05, 3.63) is 170 Å². The molecule has 0 unspecified atom stereocenters. The highest BCUT2D eigenvalue weighted by molar-refractivity contribution is 5.73. The third-order valence-electron chi connectivity index (χ3n) is 8.04. The minimum Gasteiger partial charge on any atom is -0.208 e. The number of nitrogens with zero attached hydrogens (tertiary/aromatic N) is 6. The summed E-state index contributed by atoms with van der Waals surface area (Å²) in [5.74, 6) is 2.91. The first-order valence-corrected chi connectivity index (χ1v) is 15.7. The van der Waals surface area contributed by atoms with E-state index >= 15 is 0 Å². The van der Waals surface area contributed by atoms with Crippen LogP contribution < -0.4 is 0 Å². The van der Waals surface area contributed by atoms with Crippen molar-refractivity contribution in [1.29, 1.82) is 0 Å². The molecule has 0 aliphatic heterocycles. The van der Waals surface area contributed by atoms with Crippen LogP contribution in [0.3, 0.4) is 0 Å². The van der Waals surface area contributed by atoms with E-state index in [4.69, 9.17) is 29.9 Å². The molecule has 48 heavy (non-hydrogen) atoms. The van der Waals surface area contributed by atoms with Crippen molar-refractivity contribution in [2.75, 3.05) is 0 Å². The highest BCUT2D eigenvalue weighted by Crippen LogP contribution is 2.29. The zero-order valence-electron chi connectivity index (χ0n) is 25.8. The Hall–Kier alpha value is -6.66. The van der Waals surface area contributed by atoms with Crippen LogP contribution in [0.1, 0.15) is 0 Å². The molecule has 0 saturated heterocycles. The predicted molar refractivity (Wildman–Crippen MR) is 191 cm³/mol. The summed E-state index contributed by atoms with van der Waals surface area (Å²) in [5.41, 5.74) is 8.12. The highest BCUT2D eigenvalue weighted by atomic mass is 15.1. The van der Waals surface area contributed by atoms with Crippen LogP contribution in [0.5, 0.6) is 0 Å². The Morgan fingerprint density at radius 1 is 0.167 bits per heavy atom. The molecule has 0 radical (unpaired) electrons. The van der Waals surface area contributed by atoms with Crippen LogP contribution in [0.25, 0.3) is 79.5 Å². The highest BCUT2D eigenvalue weighted by Gasteiger charge is 2.18. The predicted octanol–water partition coefficient (Wildman–Crippen LogP) is 9.73. The topological polar surface area (TPSA) is 77.3 Å². The number of rotatable bonds is 7. The average molecular weight is 617 g/mol. The molecular formula is C42H28N6. The second kappa shape index (κ2) is 13.0. The molecule has 226 valence electrons. The lowest BCUT2D eigenvalue weighted by Gasteiger charge is -2.10. The van der Waals surface area contributed by atoms with E-state index in [1.165, 1.54) is 11.1 Å². The first kappa shape index (κ1) is 28.8. The minimum absolute atomic E-state index is 0.371. The third kappa shape index (κ3) is 6.10. The molecule has 0 spiro atoms. The monoisotopic (exact) mass is 616 g/mol. The van der Waals surface area contributed by atoms with E-state index in [0.717, 1.165) is 33.4 Å². The maximum Gasteiger partial charge on any atom is 0.202 e. The summed E-state index contributed by atoms with van der Waals surface area (Å²) in [5, 5.41) is 0. The van der Waals surface area contributed by atoms with Gasteiger partial charge in [0.15, 0.2) is 23.3 Å². The zero-order chi connectivity index (χ0) is 32.1. The van der Waals surface area contributed by atoms with Gasteiger partial charge in [0.05, 0.1) is 0 Å². The molecule has 0 bridgehead atoms. The molecular weight excluding hydrogens is 589 g/mol. The van der Waals surface area contributed by atoms with E-state index in [1.54, 1.807) is 0 Å². The Kier molecular flexibility index (Phi) is 7.79. The Morgan fingerprint density at radius 3 is 0.646 bits per heavy atom. The second-order valence-corrected chi connectivity index (χ2v) is 11.2. The van der Waals surface area contributed by atoms with E-state index in [-0.39, 0.29) is 0 Å². The summed E-state index contributed by atoms with van der Waals surface area (Å²) in [4.78, 5) is 29.3. The lowest BCUT2D eigenvalue weighted by atomic mass is 9.99. The zero-order valence-corrected chi connectivity index (χ0v) is 25.8. The summed E-state index contributed by atoms with van der Waals surface area (Å²) < 4.78 is 0. The fourth-order valence-corrected chi connectivity index (χ4v) is 5.53. The Morgan fingerprint density at radius 2 is 0.354 bits per heavy atom. The SMILES string of the molecule is c1ccc(-c2ccc(-c3ccc(-c4nc(-c5ccccc5)nc(-c5nc(-c6ccccc6)nc(-c6ccccc6)n5)n4)cc3)cc2)cc1. The molecule has 6 nitrogen and oxygen atoms in total. The standard InChI is InChI=1S/C42H28N6/c1-5-13-29(14-6-1)30-21-23-31(24-22-30)32-25-27-36(28-26-32)40-44-39(35-19-11-4-12-20-35)47-42(48-40)41-45-37(33-15-7-2-8-16-33)43-38(46-41)34-17-9-3-10-18-34/h1-28H. The van der Waals surface area contributed by atoms with Gasteiger partial charge in [0.2, 0.25) is 11.6 Å². The van der Waals surface area contributed by atoms with Crippen LogP contribution >= 0.6 is 0 Å². The molecule has 0 N–H and O–H groups in total. The minimum atomic E-state index is 0.371. The molecule has 8 rings (SSSR count). The van der Waals surface area contributed by atoms with Crippen LogP contribution in [0.2, 0.25) is 0 Å². The second-order valence-electron chi connectivity index (χ2n) is 11.2. The van der Waals surface area contributed by atoms with Crippen molar-refractivity contribution in [1.82, 2.24) is 29.9 Å². The van der Waals surface area contributed by atoms with Crippen molar-refractivity contribution in [3.63, 3.8) is 0 Å². The number of benzene rings is 6. The summed E-state index contributed by atoms with van der Waals surface area (Å²) in [7, 11) is 0. The van der Waals surface area contributed by atoms with Gasteiger partial charge in [-0.15, -0.1) is 0 Å². The van der Waals surface area contributed by atoms with Crippen molar-refractivity contribution < 1.29 is 0 Å². The molecule has 2 aromatic heterocycles. The lowest BCUT2D eigenvalue weighted by molar-refractivity contribution is 1.00. The van der Waals surface area contributed by atoms with Gasteiger partial charge in [-0.05, 0) is 22.3 Å². The number of aromatic nitrogens is 6. The Balaban J connectivity index is 1.21. The van der Waals surface area contributed by atoms with E-state index in [1.807, 2.05) is 109 Å². The van der Waals surface area contributed by atoms with E-state index in [9.17, 15) is 0 Å². The maximum absolute atomic E-state index is 4.94. The molecule has 8 aromatic rings. The van der Waals surface area contributed by atoms with E-state index < -0.39 is 0 Å². The van der Waals surface area contributed by atoms with E-state index in [0.29, 0.717) is 34.9 Å². The van der Waals surface area contributed by atoms with Gasteiger partial charge >= 0.3 is 0 Å². The van der Waals surface area contributed by atoms with E-state index in [2.05, 4.69) is 60.7 Å². The fourth-order valence-electron chi connectivity index (χ4n) is 5.53. The van der Waals surface area contributed by atoms with Gasteiger partial charge in [-0.3, -0.25) is 0 Å². The molecule has 0 aliphatic rings. The van der Waals surface area contributed by atoms with Crippen LogP contribution in [0, 0.1) is 0 Å². The summed E-state index contributed by atoms with van der Waals surface area (Å²) in [6.45, 7) is 0. The number of hydrogen-bond acceptors (Lipinski definition) is 6. The van der Waals surface area contributed by atoms with Crippen LogP contribution in [0.15, 0.2) is 170 Å². The fraction of sp³-hybridized carbons (Fsp3) is 0. The Bertz CT molecular complexity index is 2240. The Labute approximate surface area is 278 Å². The van der Waals surface area contributed by atoms with Gasteiger partial charge < -0.3 is 0 Å². The van der Waals surface area contributed by atoms with Crippen molar-refractivity contribution in [3.8, 4) is 79.5 Å². The molecule has 0 saturated carbocycles. The van der Waals surface area contributed by atoms with Crippen molar-refractivity contribution >= 4 is 0 Å². The largest absolute Gasteiger partial charge is 0.208 e. The molecule has 0 atom stereocenters. The summed E-state index contributed by atoms with van der Waals surface area (Å²) >= 11 is 0. The van der Waals surface area contributed by atoms with Crippen LogP contribution in [-0.2, 0) is 0 Å². The van der Waals surface area contributed by atoms with Gasteiger partial charge in [0.25, 0.3) is 0 Å². The quantitative estimate of drug-likeness (QED) is 0.177. The summed E-state index contributed by atoms with van der Waals surface area (Å²) in [6, 6.07) is 57.0. The van der Waals surface area contributed by atoms with Gasteiger partial charge in [-0.1, -0.05) is 170 Å². The maximum atomic E-state index is 4.94. The molecule has 0 amide bonds. The van der Waals surface area contributed by atoms with Gasteiger partial charge in [0.1, 0.15) is 0 Å². The molecule has 6 heteroatoms. The molecule has 0 fully saturated rings. The average Bonchev–Trinajstić information content (AvgIpc) is 3.19. The summed E-state index contributed by atoms with van der Waals surface area (Å²) in [6.07, 6.45) is 0. The smallest absolute Gasteiger partial charge is 0.202 e. The van der Waals surface area contributed by atoms with Crippen LogP contribution in [0.4, 0.5) is 0 Å².